The fourth-order valence-corrected chi connectivity index (χ4v) is 2.04. The van der Waals surface area contributed by atoms with E-state index in [0.29, 0.717) is 27.8 Å². The van der Waals surface area contributed by atoms with Gasteiger partial charge in [-0.1, -0.05) is 23.7 Å². The molecule has 2 aromatic carbocycles. The predicted molar refractivity (Wildman–Crippen MR) is 75.2 cm³/mol. The number of benzene rings is 2. The molecule has 4 heteroatoms. The minimum atomic E-state index is -0.690. The molecule has 1 unspecified atom stereocenters. The first kappa shape index (κ1) is 13.7. The largest absolute Gasteiger partial charge is 0.496 e. The van der Waals surface area contributed by atoms with E-state index in [2.05, 4.69) is 0 Å². The molecule has 1 N–H and O–H groups in total. The first-order valence-electron chi connectivity index (χ1n) is 5.90. The van der Waals surface area contributed by atoms with Gasteiger partial charge < -0.3 is 14.6 Å². The Morgan fingerprint density at radius 1 is 1.11 bits per heavy atom. The Bertz CT molecular complexity index is 567. The van der Waals surface area contributed by atoms with Crippen LogP contribution in [0.5, 0.6) is 17.2 Å². The second-order valence-electron chi connectivity index (χ2n) is 4.11. The van der Waals surface area contributed by atoms with Gasteiger partial charge in [0.05, 0.1) is 18.8 Å². The number of hydrogen-bond acceptors (Lipinski definition) is 3. The fourth-order valence-electron chi connectivity index (χ4n) is 1.86. The molecule has 0 aromatic heterocycles. The van der Waals surface area contributed by atoms with Gasteiger partial charge in [0.1, 0.15) is 17.2 Å². The summed E-state index contributed by atoms with van der Waals surface area (Å²) in [6.45, 7) is 1.67. The highest BCUT2D eigenvalue weighted by Crippen LogP contribution is 2.36. The molecule has 0 bridgehead atoms. The smallest absolute Gasteiger partial charge is 0.136 e. The monoisotopic (exact) mass is 278 g/mol. The first-order valence-corrected chi connectivity index (χ1v) is 6.28. The van der Waals surface area contributed by atoms with Crippen LogP contribution in [0.25, 0.3) is 0 Å². The Labute approximate surface area is 117 Å². The number of ether oxygens (including phenoxy) is 2. The molecule has 100 valence electrons. The number of rotatable bonds is 4. The molecule has 0 radical (unpaired) electrons. The van der Waals surface area contributed by atoms with E-state index in [1.807, 2.05) is 6.07 Å². The molecule has 0 fully saturated rings. The molecule has 3 nitrogen and oxygen atoms in total. The third kappa shape index (κ3) is 3.19. The highest BCUT2D eigenvalue weighted by Gasteiger charge is 2.15. The molecule has 0 heterocycles. The van der Waals surface area contributed by atoms with Crippen molar-refractivity contribution in [1.29, 1.82) is 0 Å². The lowest BCUT2D eigenvalue weighted by Crippen LogP contribution is -2.00. The first-order chi connectivity index (χ1) is 9.11. The number of aliphatic hydroxyl groups excluding tert-OH is 1. The van der Waals surface area contributed by atoms with E-state index in [9.17, 15) is 5.11 Å². The summed E-state index contributed by atoms with van der Waals surface area (Å²) >= 11 is 5.92. The van der Waals surface area contributed by atoms with Crippen molar-refractivity contribution in [3.05, 3.63) is 53.1 Å². The van der Waals surface area contributed by atoms with Crippen molar-refractivity contribution in [2.45, 2.75) is 13.0 Å². The molecular weight excluding hydrogens is 264 g/mol. The zero-order valence-corrected chi connectivity index (χ0v) is 11.5. The average molecular weight is 279 g/mol. The maximum absolute atomic E-state index is 9.86. The van der Waals surface area contributed by atoms with Gasteiger partial charge in [0.25, 0.3) is 0 Å². The van der Waals surface area contributed by atoms with Gasteiger partial charge in [0, 0.05) is 5.02 Å². The summed E-state index contributed by atoms with van der Waals surface area (Å²) in [7, 11) is 1.56. The second kappa shape index (κ2) is 5.95. The van der Waals surface area contributed by atoms with Gasteiger partial charge in [0.2, 0.25) is 0 Å². The summed E-state index contributed by atoms with van der Waals surface area (Å²) < 4.78 is 11.0. The van der Waals surface area contributed by atoms with Gasteiger partial charge in [-0.2, -0.15) is 0 Å². The Hall–Kier alpha value is -1.71. The SMILES string of the molecule is COc1cccc(Oc2cccc(Cl)c2)c1C(C)O. The van der Waals surface area contributed by atoms with E-state index in [0.717, 1.165) is 0 Å². The van der Waals surface area contributed by atoms with Crippen molar-refractivity contribution >= 4 is 11.6 Å². The van der Waals surface area contributed by atoms with Gasteiger partial charge in [-0.15, -0.1) is 0 Å². The van der Waals surface area contributed by atoms with Crippen LogP contribution >= 0.6 is 11.6 Å². The summed E-state index contributed by atoms with van der Waals surface area (Å²) in [4.78, 5) is 0. The predicted octanol–water partition coefficient (Wildman–Crippen LogP) is 4.19. The van der Waals surface area contributed by atoms with Crippen LogP contribution in [0.4, 0.5) is 0 Å². The number of aliphatic hydroxyl groups is 1. The highest BCUT2D eigenvalue weighted by molar-refractivity contribution is 6.30. The number of methoxy groups -OCH3 is 1. The Morgan fingerprint density at radius 3 is 2.42 bits per heavy atom. The second-order valence-corrected chi connectivity index (χ2v) is 4.54. The third-order valence-corrected chi connectivity index (χ3v) is 2.92. The summed E-state index contributed by atoms with van der Waals surface area (Å²) in [5.74, 6) is 1.76. The van der Waals surface area contributed by atoms with Crippen molar-refractivity contribution in [2.75, 3.05) is 7.11 Å². The molecular formula is C15H15ClO3. The normalized spacial score (nSPS) is 12.0. The van der Waals surface area contributed by atoms with Crippen LogP contribution < -0.4 is 9.47 Å². The topological polar surface area (TPSA) is 38.7 Å². The Balaban J connectivity index is 2.39. The lowest BCUT2D eigenvalue weighted by molar-refractivity contribution is 0.190. The molecule has 0 aliphatic rings. The third-order valence-electron chi connectivity index (χ3n) is 2.69. The molecule has 0 aliphatic heterocycles. The van der Waals surface area contributed by atoms with Gasteiger partial charge in [-0.25, -0.2) is 0 Å². The molecule has 1 atom stereocenters. The van der Waals surface area contributed by atoms with Gasteiger partial charge >= 0.3 is 0 Å². The summed E-state index contributed by atoms with van der Waals surface area (Å²) in [6, 6.07) is 12.5. The van der Waals surface area contributed by atoms with Crippen LogP contribution in [0, 0.1) is 0 Å². The Morgan fingerprint density at radius 2 is 1.79 bits per heavy atom. The molecule has 19 heavy (non-hydrogen) atoms. The summed E-state index contributed by atoms with van der Waals surface area (Å²) in [6.07, 6.45) is -0.690. The molecule has 0 aliphatic carbocycles. The highest BCUT2D eigenvalue weighted by atomic mass is 35.5. The summed E-state index contributed by atoms with van der Waals surface area (Å²) in [5.41, 5.74) is 0.616. The van der Waals surface area contributed by atoms with E-state index >= 15 is 0 Å². The van der Waals surface area contributed by atoms with Crippen LogP contribution in [-0.4, -0.2) is 12.2 Å². The Kier molecular flexibility index (Phi) is 4.30. The zero-order valence-electron chi connectivity index (χ0n) is 10.8. The van der Waals surface area contributed by atoms with Crippen LogP contribution in [-0.2, 0) is 0 Å². The van der Waals surface area contributed by atoms with Crippen LogP contribution in [0.1, 0.15) is 18.6 Å². The molecule has 0 saturated carbocycles. The van der Waals surface area contributed by atoms with E-state index in [1.54, 1.807) is 50.4 Å². The van der Waals surface area contributed by atoms with Crippen molar-refractivity contribution in [3.8, 4) is 17.2 Å². The molecule has 0 amide bonds. The van der Waals surface area contributed by atoms with E-state index in [4.69, 9.17) is 21.1 Å². The summed E-state index contributed by atoms with van der Waals surface area (Å²) in [5, 5.41) is 10.5. The van der Waals surface area contributed by atoms with Gasteiger partial charge in [-0.3, -0.25) is 0 Å². The van der Waals surface area contributed by atoms with E-state index in [-0.39, 0.29) is 0 Å². The van der Waals surface area contributed by atoms with E-state index in [1.165, 1.54) is 0 Å². The quantitative estimate of drug-likeness (QED) is 0.911. The molecule has 2 aromatic rings. The molecule has 0 spiro atoms. The molecule has 2 rings (SSSR count). The molecule has 0 saturated heterocycles. The van der Waals surface area contributed by atoms with Gasteiger partial charge in [-0.05, 0) is 37.3 Å². The van der Waals surface area contributed by atoms with Gasteiger partial charge in [0.15, 0.2) is 0 Å². The zero-order chi connectivity index (χ0) is 13.8. The minimum Gasteiger partial charge on any atom is -0.496 e. The van der Waals surface area contributed by atoms with Crippen molar-refractivity contribution in [2.24, 2.45) is 0 Å². The fraction of sp³-hybridized carbons (Fsp3) is 0.200. The van der Waals surface area contributed by atoms with Crippen molar-refractivity contribution < 1.29 is 14.6 Å². The number of halogens is 1. The standard InChI is InChI=1S/C15H15ClO3/c1-10(17)15-13(18-2)7-4-8-14(15)19-12-6-3-5-11(16)9-12/h3-10,17H,1-2H3. The average Bonchev–Trinajstić information content (AvgIpc) is 2.38. The lowest BCUT2D eigenvalue weighted by atomic mass is 10.1. The lowest BCUT2D eigenvalue weighted by Gasteiger charge is -2.16. The maximum Gasteiger partial charge on any atom is 0.136 e. The van der Waals surface area contributed by atoms with E-state index < -0.39 is 6.10 Å². The van der Waals surface area contributed by atoms with Crippen LogP contribution in [0.3, 0.4) is 0 Å². The van der Waals surface area contributed by atoms with Crippen LogP contribution in [0.15, 0.2) is 42.5 Å². The minimum absolute atomic E-state index is 0.552. The van der Waals surface area contributed by atoms with Crippen molar-refractivity contribution in [3.63, 3.8) is 0 Å². The maximum atomic E-state index is 9.86. The number of hydrogen-bond donors (Lipinski definition) is 1. The van der Waals surface area contributed by atoms with Crippen molar-refractivity contribution in [1.82, 2.24) is 0 Å². The van der Waals surface area contributed by atoms with Crippen LogP contribution in [0.2, 0.25) is 5.02 Å².